The van der Waals surface area contributed by atoms with E-state index in [1.54, 1.807) is 11.8 Å². The molecule has 1 aromatic carbocycles. The van der Waals surface area contributed by atoms with Crippen molar-refractivity contribution < 1.29 is 0 Å². The molecule has 0 fully saturated rings. The van der Waals surface area contributed by atoms with Crippen LogP contribution in [0.5, 0.6) is 0 Å². The second-order valence-electron chi connectivity index (χ2n) is 3.04. The Labute approximate surface area is 86.7 Å². The largest absolute Gasteiger partial charge is 0.627 e. The van der Waals surface area contributed by atoms with Gasteiger partial charge in [-0.3, -0.25) is 0 Å². The van der Waals surface area contributed by atoms with Crippen LogP contribution < -0.4 is 4.65 Å². The van der Waals surface area contributed by atoms with Gasteiger partial charge in [-0.1, -0.05) is 23.9 Å². The minimum Gasteiger partial charge on any atom is -0.627 e. The first-order valence-corrected chi connectivity index (χ1v) is 5.65. The second kappa shape index (κ2) is 3.50. The van der Waals surface area contributed by atoms with Crippen molar-refractivity contribution in [1.29, 1.82) is 0 Å². The lowest BCUT2D eigenvalue weighted by Gasteiger charge is -2.37. The summed E-state index contributed by atoms with van der Waals surface area (Å²) in [5, 5.41) is 12.2. The molecular weight excluding hydrogens is 206 g/mol. The molecule has 2 nitrogen and oxygen atoms in total. The molecule has 13 heavy (non-hydrogen) atoms. The summed E-state index contributed by atoms with van der Waals surface area (Å²) in [6.07, 6.45) is 0. The predicted octanol–water partition coefficient (Wildman–Crippen LogP) is 2.79. The van der Waals surface area contributed by atoms with E-state index in [1.807, 2.05) is 24.3 Å². The van der Waals surface area contributed by atoms with Gasteiger partial charge in [-0.2, -0.15) is 0 Å². The minimum absolute atomic E-state index is 0.273. The van der Waals surface area contributed by atoms with Crippen molar-refractivity contribution in [1.82, 2.24) is 4.65 Å². The van der Waals surface area contributed by atoms with Crippen molar-refractivity contribution in [3.05, 3.63) is 29.5 Å². The van der Waals surface area contributed by atoms with Gasteiger partial charge < -0.3 is 9.85 Å². The second-order valence-corrected chi connectivity index (χ2v) is 4.41. The lowest BCUT2D eigenvalue weighted by Crippen LogP contribution is -2.41. The fourth-order valence-electron chi connectivity index (χ4n) is 1.48. The van der Waals surface area contributed by atoms with Crippen LogP contribution in [0.3, 0.4) is 0 Å². The molecule has 0 bridgehead atoms. The third-order valence-electron chi connectivity index (χ3n) is 2.18. The van der Waals surface area contributed by atoms with Gasteiger partial charge >= 0.3 is 0 Å². The number of hydroxylamine groups is 2. The maximum absolute atomic E-state index is 12.2. The van der Waals surface area contributed by atoms with Crippen LogP contribution in [-0.2, 0) is 0 Å². The normalized spacial score (nSPS) is 26.0. The molecule has 0 amide bonds. The molecule has 70 valence electrons. The Kier molecular flexibility index (Phi) is 2.51. The summed E-state index contributed by atoms with van der Waals surface area (Å²) in [5.41, 5.74) is 0.869. The number of hydrogen-bond donors (Lipinski definition) is 0. The number of quaternary nitrogens is 1. The molecule has 0 radical (unpaired) electrons. The number of benzene rings is 1. The van der Waals surface area contributed by atoms with Gasteiger partial charge in [0.1, 0.15) is 11.6 Å². The summed E-state index contributed by atoms with van der Waals surface area (Å²) in [4.78, 5) is 1.10. The van der Waals surface area contributed by atoms with E-state index in [9.17, 15) is 5.21 Å². The van der Waals surface area contributed by atoms with E-state index < -0.39 is 0 Å². The van der Waals surface area contributed by atoms with Gasteiger partial charge in [0.15, 0.2) is 0 Å². The Morgan fingerprint density at radius 2 is 2.23 bits per heavy atom. The van der Waals surface area contributed by atoms with Crippen LogP contribution in [0, 0.1) is 5.21 Å². The lowest BCUT2D eigenvalue weighted by molar-refractivity contribution is 0.460. The third-order valence-corrected chi connectivity index (χ3v) is 3.55. The van der Waals surface area contributed by atoms with Crippen LogP contribution >= 0.6 is 23.4 Å². The van der Waals surface area contributed by atoms with E-state index in [-0.39, 0.29) is 4.65 Å². The molecule has 2 rings (SSSR count). The number of fused-ring (bicyclic) bond motifs is 1. The predicted molar refractivity (Wildman–Crippen MR) is 57.9 cm³/mol. The monoisotopic (exact) mass is 215 g/mol. The molecule has 4 heteroatoms. The van der Waals surface area contributed by atoms with Gasteiger partial charge in [0.25, 0.3) is 0 Å². The van der Waals surface area contributed by atoms with Gasteiger partial charge in [0.2, 0.25) is 0 Å². The van der Waals surface area contributed by atoms with Gasteiger partial charge in [-0.15, -0.1) is 11.6 Å². The zero-order valence-corrected chi connectivity index (χ0v) is 8.64. The number of thioether (sulfide) groups is 1. The Morgan fingerprint density at radius 1 is 1.46 bits per heavy atom. The van der Waals surface area contributed by atoms with Crippen molar-refractivity contribution in [2.24, 2.45) is 0 Å². The Bertz CT molecular complexity index is 316. The fourth-order valence-corrected chi connectivity index (χ4v) is 2.93. The van der Waals surface area contributed by atoms with E-state index in [4.69, 9.17) is 11.6 Å². The number of rotatable bonds is 2. The molecule has 1 aliphatic rings. The Hall–Kier alpha value is -0.220. The van der Waals surface area contributed by atoms with E-state index in [1.165, 1.54) is 0 Å². The molecule has 1 atom stereocenters. The van der Waals surface area contributed by atoms with E-state index in [0.29, 0.717) is 18.3 Å². The lowest BCUT2D eigenvalue weighted by atomic mass is 10.3. The molecule has 1 heterocycles. The number of alkyl halides is 1. The van der Waals surface area contributed by atoms with Gasteiger partial charge in [0, 0.05) is 6.07 Å². The van der Waals surface area contributed by atoms with Gasteiger partial charge in [-0.25, -0.2) is 0 Å². The van der Waals surface area contributed by atoms with Crippen LogP contribution in [0.4, 0.5) is 5.69 Å². The summed E-state index contributed by atoms with van der Waals surface area (Å²) < 4.78 is -0.273. The van der Waals surface area contributed by atoms with Gasteiger partial charge in [-0.05, 0) is 6.07 Å². The molecule has 1 aromatic rings. The number of halogens is 1. The topological polar surface area (TPSA) is 23.1 Å². The van der Waals surface area contributed by atoms with Crippen molar-refractivity contribution in [2.75, 3.05) is 18.3 Å². The molecule has 0 saturated heterocycles. The molecule has 1 unspecified atom stereocenters. The molecule has 1 aliphatic heterocycles. The number of nitrogens with zero attached hydrogens (tertiary/aromatic N) is 1. The SMILES string of the molecule is [O-][N+]1(CCCl)CSc2ccccc21. The molecule has 0 aliphatic carbocycles. The minimum atomic E-state index is -0.273. The van der Waals surface area contributed by atoms with Crippen molar-refractivity contribution in [2.45, 2.75) is 4.90 Å². The smallest absolute Gasteiger partial charge is 0.147 e. The molecular formula is C9H10ClNOS. The highest BCUT2D eigenvalue weighted by Crippen LogP contribution is 2.42. The first kappa shape index (κ1) is 9.34. The standard InChI is InChI=1S/C9H10ClNOS/c10-5-6-11(12)7-13-9-4-2-1-3-8(9)11/h1-4H,5-7H2. The highest BCUT2D eigenvalue weighted by Gasteiger charge is 2.30. The maximum Gasteiger partial charge on any atom is 0.147 e. The Morgan fingerprint density at radius 3 is 3.00 bits per heavy atom. The van der Waals surface area contributed by atoms with Crippen LogP contribution in [0.25, 0.3) is 0 Å². The summed E-state index contributed by atoms with van der Waals surface area (Å²) >= 11 is 7.23. The first-order valence-electron chi connectivity index (χ1n) is 4.13. The fraction of sp³-hybridized carbons (Fsp3) is 0.333. The summed E-state index contributed by atoms with van der Waals surface area (Å²) in [7, 11) is 0. The average molecular weight is 216 g/mol. The number of hydrogen-bond acceptors (Lipinski definition) is 2. The highest BCUT2D eigenvalue weighted by atomic mass is 35.5. The molecule has 0 N–H and O–H groups in total. The van der Waals surface area contributed by atoms with E-state index in [2.05, 4.69) is 0 Å². The van der Waals surface area contributed by atoms with Crippen LogP contribution in [-0.4, -0.2) is 18.3 Å². The summed E-state index contributed by atoms with van der Waals surface area (Å²) in [5.74, 6) is 0.977. The average Bonchev–Trinajstić information content (AvgIpc) is 2.46. The first-order chi connectivity index (χ1) is 6.26. The van der Waals surface area contributed by atoms with Crippen molar-refractivity contribution in [3.8, 4) is 0 Å². The van der Waals surface area contributed by atoms with E-state index in [0.717, 1.165) is 10.6 Å². The maximum atomic E-state index is 12.2. The molecule has 0 aromatic heterocycles. The quantitative estimate of drug-likeness (QED) is 0.430. The third kappa shape index (κ3) is 1.57. The summed E-state index contributed by atoms with van der Waals surface area (Å²) in [6, 6.07) is 7.76. The van der Waals surface area contributed by atoms with E-state index >= 15 is 0 Å². The van der Waals surface area contributed by atoms with Crippen LogP contribution in [0.15, 0.2) is 29.2 Å². The van der Waals surface area contributed by atoms with Crippen LogP contribution in [0.2, 0.25) is 0 Å². The molecule has 0 spiro atoms. The highest BCUT2D eigenvalue weighted by molar-refractivity contribution is 7.99. The zero-order chi connectivity index (χ0) is 9.31. The Balaban J connectivity index is 2.37. The van der Waals surface area contributed by atoms with Crippen molar-refractivity contribution in [3.63, 3.8) is 0 Å². The zero-order valence-electron chi connectivity index (χ0n) is 7.07. The number of para-hydroxylation sites is 1. The van der Waals surface area contributed by atoms with Gasteiger partial charge in [0.05, 0.1) is 17.3 Å². The molecule has 0 saturated carbocycles. The summed E-state index contributed by atoms with van der Waals surface area (Å²) in [6.45, 7) is 0.464. The van der Waals surface area contributed by atoms with Crippen LogP contribution in [0.1, 0.15) is 0 Å². The van der Waals surface area contributed by atoms with Crippen molar-refractivity contribution >= 4 is 29.1 Å².